The SMILES string of the molecule is O=C(C=Cc1ccc(O)c2c1[C@@H](C(=O)O)[C@@H](c1ccc(O)c(O)c1)O2)O[C@H](Cc1ccc(O)c(O)c1)C(=O)O. The van der Waals surface area contributed by atoms with Crippen molar-refractivity contribution in [3.8, 4) is 34.5 Å². The summed E-state index contributed by atoms with van der Waals surface area (Å²) in [7, 11) is 0. The van der Waals surface area contributed by atoms with Crippen molar-refractivity contribution in [2.24, 2.45) is 0 Å². The summed E-state index contributed by atoms with van der Waals surface area (Å²) in [5.74, 6) is -7.59. The van der Waals surface area contributed by atoms with E-state index in [4.69, 9.17) is 9.47 Å². The fourth-order valence-corrected chi connectivity index (χ4v) is 4.20. The molecule has 0 bridgehead atoms. The summed E-state index contributed by atoms with van der Waals surface area (Å²) >= 11 is 0. The Morgan fingerprint density at radius 3 is 2.10 bits per heavy atom. The monoisotopic (exact) mass is 538 g/mol. The quantitative estimate of drug-likeness (QED) is 0.125. The standard InChI is InChI=1S/C27H22O12/c28-15-5-1-12(9-18(15)31)10-20(26(34)35)38-21(33)8-4-13-2-7-17(30)25-22(13)23(27(36)37)24(39-25)14-3-6-16(29)19(32)11-14/h1-9,11,20,23-24,28-32H,10H2,(H,34,35)(H,36,37)/t20-,23-,24-/m1/s1. The number of carboxylic acid groups (broad SMARTS) is 2. The van der Waals surface area contributed by atoms with E-state index in [1.54, 1.807) is 0 Å². The number of hydrogen-bond acceptors (Lipinski definition) is 10. The van der Waals surface area contributed by atoms with Crippen LogP contribution in [0.3, 0.4) is 0 Å². The maximum atomic E-state index is 12.5. The zero-order valence-electron chi connectivity index (χ0n) is 19.9. The van der Waals surface area contributed by atoms with Gasteiger partial charge in [-0.25, -0.2) is 9.59 Å². The first-order valence-corrected chi connectivity index (χ1v) is 11.4. The van der Waals surface area contributed by atoms with Crippen molar-refractivity contribution in [1.82, 2.24) is 0 Å². The van der Waals surface area contributed by atoms with Crippen LogP contribution in [-0.2, 0) is 25.5 Å². The summed E-state index contributed by atoms with van der Waals surface area (Å²) in [5, 5.41) is 68.2. The second-order valence-electron chi connectivity index (χ2n) is 8.64. The topological polar surface area (TPSA) is 211 Å². The third kappa shape index (κ3) is 5.49. The van der Waals surface area contributed by atoms with Crippen molar-refractivity contribution < 1.29 is 59.6 Å². The maximum Gasteiger partial charge on any atom is 0.345 e. The number of aromatic hydroxyl groups is 5. The number of carbonyl (C=O) groups is 3. The molecule has 3 aromatic carbocycles. The predicted octanol–water partition coefficient (Wildman–Crippen LogP) is 2.77. The molecule has 0 aliphatic carbocycles. The number of carboxylic acids is 2. The van der Waals surface area contributed by atoms with E-state index in [9.17, 15) is 50.1 Å². The van der Waals surface area contributed by atoms with Crippen LogP contribution in [0.5, 0.6) is 34.5 Å². The molecule has 0 aromatic heterocycles. The Labute approximate surface area is 219 Å². The van der Waals surface area contributed by atoms with Gasteiger partial charge < -0.3 is 45.2 Å². The van der Waals surface area contributed by atoms with Gasteiger partial charge in [-0.15, -0.1) is 0 Å². The Morgan fingerprint density at radius 1 is 0.846 bits per heavy atom. The van der Waals surface area contributed by atoms with Gasteiger partial charge in [0.2, 0.25) is 6.10 Å². The van der Waals surface area contributed by atoms with Crippen molar-refractivity contribution in [2.45, 2.75) is 24.5 Å². The van der Waals surface area contributed by atoms with Gasteiger partial charge in [-0.1, -0.05) is 18.2 Å². The number of ether oxygens (including phenoxy) is 2. The van der Waals surface area contributed by atoms with Crippen LogP contribution in [0.1, 0.15) is 34.3 Å². The summed E-state index contributed by atoms with van der Waals surface area (Å²) in [6, 6.07) is 9.83. The molecule has 4 rings (SSSR count). The molecule has 1 aliphatic rings. The Balaban J connectivity index is 1.59. The van der Waals surface area contributed by atoms with E-state index in [1.165, 1.54) is 30.3 Å². The molecule has 1 aliphatic heterocycles. The molecule has 12 nitrogen and oxygen atoms in total. The van der Waals surface area contributed by atoms with Gasteiger partial charge in [-0.2, -0.15) is 0 Å². The van der Waals surface area contributed by atoms with Gasteiger partial charge >= 0.3 is 17.9 Å². The van der Waals surface area contributed by atoms with Crippen LogP contribution in [-0.4, -0.2) is 59.8 Å². The van der Waals surface area contributed by atoms with E-state index in [1.807, 2.05) is 0 Å². The molecule has 7 N–H and O–H groups in total. The Kier molecular flexibility index (Phi) is 7.20. The van der Waals surface area contributed by atoms with E-state index < -0.39 is 59.0 Å². The van der Waals surface area contributed by atoms with E-state index >= 15 is 0 Å². The van der Waals surface area contributed by atoms with Gasteiger partial charge in [0.15, 0.2) is 34.5 Å². The smallest absolute Gasteiger partial charge is 0.345 e. The molecule has 1 heterocycles. The number of hydrogen-bond donors (Lipinski definition) is 7. The number of phenols is 5. The second kappa shape index (κ2) is 10.5. The fourth-order valence-electron chi connectivity index (χ4n) is 4.20. The zero-order chi connectivity index (χ0) is 28.4. The lowest BCUT2D eigenvalue weighted by atomic mass is 9.88. The number of aliphatic carboxylic acids is 2. The van der Waals surface area contributed by atoms with Crippen LogP contribution in [0.2, 0.25) is 0 Å². The average molecular weight is 538 g/mol. The van der Waals surface area contributed by atoms with Crippen LogP contribution in [0, 0.1) is 0 Å². The average Bonchev–Trinajstić information content (AvgIpc) is 3.29. The van der Waals surface area contributed by atoms with Crippen LogP contribution in [0.25, 0.3) is 6.08 Å². The number of benzene rings is 3. The minimum atomic E-state index is -1.64. The molecule has 0 saturated carbocycles. The number of esters is 1. The van der Waals surface area contributed by atoms with E-state index in [0.717, 1.165) is 30.3 Å². The lowest BCUT2D eigenvalue weighted by Gasteiger charge is -2.17. The van der Waals surface area contributed by atoms with Gasteiger partial charge in [0.25, 0.3) is 0 Å². The van der Waals surface area contributed by atoms with E-state index in [-0.39, 0.29) is 40.2 Å². The number of fused-ring (bicyclic) bond motifs is 1. The largest absolute Gasteiger partial charge is 0.504 e. The summed E-state index contributed by atoms with van der Waals surface area (Å²) in [5.41, 5.74) is 0.664. The first-order valence-electron chi connectivity index (χ1n) is 11.4. The predicted molar refractivity (Wildman–Crippen MR) is 132 cm³/mol. The van der Waals surface area contributed by atoms with Crippen LogP contribution in [0.15, 0.2) is 54.6 Å². The van der Waals surface area contributed by atoms with Crippen molar-refractivity contribution in [3.05, 3.63) is 76.9 Å². The molecule has 0 spiro atoms. The zero-order valence-corrected chi connectivity index (χ0v) is 19.9. The summed E-state index contributed by atoms with van der Waals surface area (Å²) in [4.78, 5) is 36.4. The number of carbonyl (C=O) groups excluding carboxylic acids is 1. The van der Waals surface area contributed by atoms with Gasteiger partial charge in [-0.3, -0.25) is 4.79 Å². The molecule has 0 fully saturated rings. The fraction of sp³-hybridized carbons (Fsp3) is 0.148. The molecule has 3 atom stereocenters. The highest BCUT2D eigenvalue weighted by Crippen LogP contribution is 2.52. The van der Waals surface area contributed by atoms with Crippen molar-refractivity contribution in [1.29, 1.82) is 0 Å². The summed E-state index contributed by atoms with van der Waals surface area (Å²) < 4.78 is 10.8. The molecule has 0 radical (unpaired) electrons. The highest BCUT2D eigenvalue weighted by molar-refractivity contribution is 5.91. The van der Waals surface area contributed by atoms with E-state index in [2.05, 4.69) is 0 Å². The molecule has 3 aromatic rings. The summed E-state index contributed by atoms with van der Waals surface area (Å²) in [6.45, 7) is 0. The Hall–Kier alpha value is -5.39. The highest BCUT2D eigenvalue weighted by Gasteiger charge is 2.43. The molecule has 0 unspecified atom stereocenters. The highest BCUT2D eigenvalue weighted by atomic mass is 16.6. The second-order valence-corrected chi connectivity index (χ2v) is 8.64. The van der Waals surface area contributed by atoms with Crippen molar-refractivity contribution in [3.63, 3.8) is 0 Å². The van der Waals surface area contributed by atoms with Gasteiger partial charge in [0.1, 0.15) is 12.0 Å². The normalized spacial score (nSPS) is 16.8. The third-order valence-corrected chi connectivity index (χ3v) is 6.06. The van der Waals surface area contributed by atoms with E-state index in [0.29, 0.717) is 0 Å². The lowest BCUT2D eigenvalue weighted by molar-refractivity contribution is -0.160. The lowest BCUT2D eigenvalue weighted by Crippen LogP contribution is -2.28. The molecular formula is C27H22O12. The van der Waals surface area contributed by atoms with Crippen LogP contribution >= 0.6 is 0 Å². The minimum Gasteiger partial charge on any atom is -0.504 e. The number of phenolic OH excluding ortho intramolecular Hbond substituents is 5. The minimum absolute atomic E-state index is 0.0264. The van der Waals surface area contributed by atoms with Gasteiger partial charge in [-0.05, 0) is 53.1 Å². The molecule has 0 saturated heterocycles. The molecule has 39 heavy (non-hydrogen) atoms. The first-order chi connectivity index (χ1) is 18.5. The van der Waals surface area contributed by atoms with Crippen LogP contribution < -0.4 is 4.74 Å². The Morgan fingerprint density at radius 2 is 1.49 bits per heavy atom. The first kappa shape index (κ1) is 26.7. The molecule has 12 heteroatoms. The maximum absolute atomic E-state index is 12.5. The third-order valence-electron chi connectivity index (χ3n) is 6.06. The van der Waals surface area contributed by atoms with Crippen LogP contribution in [0.4, 0.5) is 0 Å². The molecule has 202 valence electrons. The molecule has 0 amide bonds. The number of rotatable bonds is 8. The van der Waals surface area contributed by atoms with Crippen molar-refractivity contribution in [2.75, 3.05) is 0 Å². The van der Waals surface area contributed by atoms with Gasteiger partial charge in [0, 0.05) is 18.1 Å². The molecular weight excluding hydrogens is 516 g/mol. The van der Waals surface area contributed by atoms with Gasteiger partial charge in [0.05, 0.1) is 0 Å². The van der Waals surface area contributed by atoms with Crippen molar-refractivity contribution >= 4 is 24.0 Å². The Bertz CT molecular complexity index is 1490. The summed E-state index contributed by atoms with van der Waals surface area (Å²) in [6.07, 6.45) is -1.09.